The molecule has 3 N–H and O–H groups in total. The zero-order valence-electron chi connectivity index (χ0n) is 17.8. The highest BCUT2D eigenvalue weighted by molar-refractivity contribution is 6.07. The average molecular weight is 431 g/mol. The number of ether oxygens (including phenoxy) is 2. The first-order chi connectivity index (χ1) is 15.6. The Bertz CT molecular complexity index is 1280. The van der Waals surface area contributed by atoms with Gasteiger partial charge < -0.3 is 29.8 Å². The van der Waals surface area contributed by atoms with Crippen molar-refractivity contribution >= 4 is 33.5 Å². The van der Waals surface area contributed by atoms with Gasteiger partial charge in [-0.3, -0.25) is 0 Å². The summed E-state index contributed by atoms with van der Waals surface area (Å²) in [7, 11) is 1.83. The van der Waals surface area contributed by atoms with Gasteiger partial charge in [0.25, 0.3) is 0 Å². The number of likely N-dealkylation sites (N-methyl/N-ethyl adjacent to an activating group) is 1. The molecule has 7 nitrogen and oxygen atoms in total. The number of esters is 1. The highest BCUT2D eigenvalue weighted by atomic mass is 16.5. The maximum absolute atomic E-state index is 11.5. The van der Waals surface area contributed by atoms with E-state index in [2.05, 4.69) is 28.5 Å². The number of aromatic nitrogens is 1. The minimum Gasteiger partial charge on any atom is -0.492 e. The summed E-state index contributed by atoms with van der Waals surface area (Å²) >= 11 is 0. The van der Waals surface area contributed by atoms with E-state index >= 15 is 0 Å². The molecule has 0 amide bonds. The molecule has 5 rings (SSSR count). The van der Waals surface area contributed by atoms with Crippen LogP contribution in [0.15, 0.2) is 60.7 Å². The van der Waals surface area contributed by atoms with Crippen LogP contribution in [-0.4, -0.2) is 49.3 Å². The number of fused-ring (bicyclic) bond motifs is 4. The molecule has 1 aliphatic heterocycles. The van der Waals surface area contributed by atoms with Crippen LogP contribution in [0.4, 0.5) is 5.69 Å². The second kappa shape index (κ2) is 8.53. The van der Waals surface area contributed by atoms with E-state index in [1.165, 1.54) is 10.8 Å². The predicted octanol–water partition coefficient (Wildman–Crippen LogP) is 3.38. The molecule has 1 atom stereocenters. The van der Waals surface area contributed by atoms with Crippen molar-refractivity contribution in [2.24, 2.45) is 0 Å². The summed E-state index contributed by atoms with van der Waals surface area (Å²) < 4.78 is 11.1. The third-order valence-corrected chi connectivity index (χ3v) is 5.73. The largest absolute Gasteiger partial charge is 0.492 e. The lowest BCUT2D eigenvalue weighted by atomic mass is 10.1. The molecule has 0 bridgehead atoms. The number of para-hydroxylation sites is 1. The molecule has 1 aromatic heterocycles. The maximum atomic E-state index is 11.5. The number of aromatic amines is 1. The summed E-state index contributed by atoms with van der Waals surface area (Å²) in [5, 5.41) is 16.1. The number of aliphatic hydroxyl groups excluding tert-OH is 1. The molecule has 164 valence electrons. The van der Waals surface area contributed by atoms with Crippen molar-refractivity contribution < 1.29 is 19.4 Å². The standard InChI is InChI=1S/C25H25N3O4/c1-28-15-25(30)32-24-9-6-16(12-22(24)28)23(29)14-26-10-11-31-17-7-8-19-18-4-2-3-5-20(18)27-21(19)13-17/h2-9,12-13,23,26-27,29H,10-11,14-15H2,1H3/t23-/m0/s1. The number of hydrogen-bond acceptors (Lipinski definition) is 6. The molecule has 1 aliphatic rings. The lowest BCUT2D eigenvalue weighted by Gasteiger charge is -2.27. The van der Waals surface area contributed by atoms with Crippen LogP contribution in [-0.2, 0) is 4.79 Å². The molecule has 0 aliphatic carbocycles. The average Bonchev–Trinajstić information content (AvgIpc) is 3.16. The van der Waals surface area contributed by atoms with E-state index in [0.29, 0.717) is 25.4 Å². The monoisotopic (exact) mass is 431 g/mol. The summed E-state index contributed by atoms with van der Waals surface area (Å²) in [4.78, 5) is 16.8. The summed E-state index contributed by atoms with van der Waals surface area (Å²) in [6.07, 6.45) is -0.672. The van der Waals surface area contributed by atoms with Gasteiger partial charge in [0.2, 0.25) is 0 Å². The van der Waals surface area contributed by atoms with Crippen molar-refractivity contribution in [3.8, 4) is 11.5 Å². The smallest absolute Gasteiger partial charge is 0.330 e. The van der Waals surface area contributed by atoms with E-state index in [4.69, 9.17) is 9.47 Å². The zero-order valence-corrected chi connectivity index (χ0v) is 17.8. The number of rotatable bonds is 7. The Morgan fingerprint density at radius 1 is 1.12 bits per heavy atom. The van der Waals surface area contributed by atoms with Gasteiger partial charge in [-0.25, -0.2) is 4.79 Å². The van der Waals surface area contributed by atoms with Crippen LogP contribution in [0.1, 0.15) is 11.7 Å². The second-order valence-electron chi connectivity index (χ2n) is 8.00. The molecule has 0 fully saturated rings. The van der Waals surface area contributed by atoms with E-state index in [9.17, 15) is 9.90 Å². The summed E-state index contributed by atoms with van der Waals surface area (Å²) in [5.41, 5.74) is 3.74. The van der Waals surface area contributed by atoms with Crippen LogP contribution >= 0.6 is 0 Å². The van der Waals surface area contributed by atoms with Crippen LogP contribution < -0.4 is 19.7 Å². The van der Waals surface area contributed by atoms with Gasteiger partial charge in [-0.05, 0) is 35.9 Å². The first-order valence-corrected chi connectivity index (χ1v) is 10.7. The van der Waals surface area contributed by atoms with Crippen LogP contribution in [0.5, 0.6) is 11.5 Å². The fraction of sp³-hybridized carbons (Fsp3) is 0.240. The number of hydrogen-bond donors (Lipinski definition) is 3. The number of nitrogens with zero attached hydrogens (tertiary/aromatic N) is 1. The number of benzene rings is 3. The minimum absolute atomic E-state index is 0.201. The van der Waals surface area contributed by atoms with Crippen molar-refractivity contribution in [1.29, 1.82) is 0 Å². The van der Waals surface area contributed by atoms with Crippen molar-refractivity contribution in [1.82, 2.24) is 10.3 Å². The second-order valence-corrected chi connectivity index (χ2v) is 8.00. The lowest BCUT2D eigenvalue weighted by molar-refractivity contribution is -0.133. The van der Waals surface area contributed by atoms with Gasteiger partial charge in [-0.15, -0.1) is 0 Å². The number of H-pyrrole nitrogens is 1. The first-order valence-electron chi connectivity index (χ1n) is 10.7. The fourth-order valence-corrected chi connectivity index (χ4v) is 4.08. The third-order valence-electron chi connectivity index (χ3n) is 5.73. The molecule has 0 spiro atoms. The first kappa shape index (κ1) is 20.4. The van der Waals surface area contributed by atoms with Crippen molar-refractivity contribution in [2.75, 3.05) is 38.2 Å². The Morgan fingerprint density at radius 2 is 1.97 bits per heavy atom. The Kier molecular flexibility index (Phi) is 5.43. The van der Waals surface area contributed by atoms with Crippen LogP contribution in [0.2, 0.25) is 0 Å². The molecule has 0 saturated carbocycles. The Labute approximate surface area is 185 Å². The zero-order chi connectivity index (χ0) is 22.1. The van der Waals surface area contributed by atoms with Gasteiger partial charge in [-0.2, -0.15) is 0 Å². The van der Waals surface area contributed by atoms with Crippen LogP contribution in [0.25, 0.3) is 21.8 Å². The molecular weight excluding hydrogens is 406 g/mol. The molecule has 32 heavy (non-hydrogen) atoms. The summed E-state index contributed by atoms with van der Waals surface area (Å²) in [6.45, 7) is 1.69. The van der Waals surface area contributed by atoms with E-state index < -0.39 is 6.10 Å². The number of nitrogens with one attached hydrogen (secondary N) is 2. The molecule has 0 radical (unpaired) electrons. The lowest BCUT2D eigenvalue weighted by Crippen LogP contribution is -2.33. The Hall–Kier alpha value is -3.55. The van der Waals surface area contributed by atoms with Gasteiger partial charge in [0.1, 0.15) is 18.9 Å². The molecule has 3 aromatic carbocycles. The highest BCUT2D eigenvalue weighted by Gasteiger charge is 2.22. The van der Waals surface area contributed by atoms with Crippen molar-refractivity contribution in [3.05, 3.63) is 66.2 Å². The molecule has 0 unspecified atom stereocenters. The number of anilines is 1. The quantitative estimate of drug-likeness (QED) is 0.236. The number of aliphatic hydroxyl groups is 1. The van der Waals surface area contributed by atoms with E-state index in [0.717, 1.165) is 28.0 Å². The Balaban J connectivity index is 1.13. The number of carbonyl (C=O) groups is 1. The van der Waals surface area contributed by atoms with Gasteiger partial charge in [0.15, 0.2) is 5.75 Å². The van der Waals surface area contributed by atoms with Crippen LogP contribution in [0.3, 0.4) is 0 Å². The van der Waals surface area contributed by atoms with E-state index in [1.54, 1.807) is 12.1 Å². The Morgan fingerprint density at radius 3 is 2.88 bits per heavy atom. The van der Waals surface area contributed by atoms with E-state index in [-0.39, 0.29) is 12.5 Å². The van der Waals surface area contributed by atoms with E-state index in [1.807, 2.05) is 42.3 Å². The normalized spacial score (nSPS) is 14.4. The number of carbonyl (C=O) groups excluding carboxylic acids is 1. The van der Waals surface area contributed by atoms with Gasteiger partial charge in [-0.1, -0.05) is 24.3 Å². The molecular formula is C25H25N3O4. The van der Waals surface area contributed by atoms with Gasteiger partial charge >= 0.3 is 5.97 Å². The van der Waals surface area contributed by atoms with Gasteiger partial charge in [0, 0.05) is 42.5 Å². The molecule has 7 heteroatoms. The minimum atomic E-state index is -0.672. The van der Waals surface area contributed by atoms with Crippen molar-refractivity contribution in [3.63, 3.8) is 0 Å². The third kappa shape index (κ3) is 4.00. The van der Waals surface area contributed by atoms with Gasteiger partial charge in [0.05, 0.1) is 17.3 Å². The SMILES string of the molecule is CN1CC(=O)Oc2ccc([C@@H](O)CNCCOc3ccc4c(c3)[nH]c3ccccc34)cc21. The maximum Gasteiger partial charge on any atom is 0.330 e. The fourth-order valence-electron chi connectivity index (χ4n) is 4.08. The molecule has 0 saturated heterocycles. The predicted molar refractivity (Wildman–Crippen MR) is 124 cm³/mol. The summed E-state index contributed by atoms with van der Waals surface area (Å²) in [6, 6.07) is 19.7. The summed E-state index contributed by atoms with van der Waals surface area (Å²) in [5.74, 6) is 1.05. The van der Waals surface area contributed by atoms with Crippen LogP contribution in [0, 0.1) is 0 Å². The molecule has 2 heterocycles. The topological polar surface area (TPSA) is 86.8 Å². The highest BCUT2D eigenvalue weighted by Crippen LogP contribution is 2.33. The molecule has 4 aromatic rings. The van der Waals surface area contributed by atoms with Crippen molar-refractivity contribution in [2.45, 2.75) is 6.10 Å².